The molecule has 1 aliphatic carbocycles. The van der Waals surface area contributed by atoms with Crippen LogP contribution in [0.4, 0.5) is 0 Å². The molecule has 0 aromatic heterocycles. The molecule has 0 aliphatic heterocycles. The van der Waals surface area contributed by atoms with Crippen molar-refractivity contribution in [3.63, 3.8) is 0 Å². The van der Waals surface area contributed by atoms with E-state index in [-0.39, 0.29) is 6.29 Å². The van der Waals surface area contributed by atoms with Crippen LogP contribution >= 0.6 is 0 Å². The summed E-state index contributed by atoms with van der Waals surface area (Å²) in [5.41, 5.74) is 0.402. The van der Waals surface area contributed by atoms with Crippen molar-refractivity contribution in [2.45, 2.75) is 106 Å². The molecular weight excluding hydrogens is 296 g/mol. The Bertz CT molecular complexity index is 299. The Morgan fingerprint density at radius 3 is 1.71 bits per heavy atom. The van der Waals surface area contributed by atoms with Crippen LogP contribution in [-0.2, 0) is 9.47 Å². The van der Waals surface area contributed by atoms with Gasteiger partial charge in [0.05, 0.1) is 0 Å². The molecule has 0 spiro atoms. The van der Waals surface area contributed by atoms with Crippen molar-refractivity contribution < 1.29 is 9.47 Å². The summed E-state index contributed by atoms with van der Waals surface area (Å²) in [6, 6.07) is 0. The van der Waals surface area contributed by atoms with Crippen LogP contribution in [0.1, 0.15) is 99.3 Å². The van der Waals surface area contributed by atoms with Crippen LogP contribution in [0.25, 0.3) is 0 Å². The van der Waals surface area contributed by atoms with E-state index in [4.69, 9.17) is 9.47 Å². The van der Waals surface area contributed by atoms with Gasteiger partial charge in [-0.25, -0.2) is 0 Å². The molecule has 0 aromatic carbocycles. The molecule has 1 aliphatic rings. The van der Waals surface area contributed by atoms with Gasteiger partial charge in [0.1, 0.15) is 0 Å². The summed E-state index contributed by atoms with van der Waals surface area (Å²) in [6.45, 7) is 15.9. The van der Waals surface area contributed by atoms with Gasteiger partial charge in [0.2, 0.25) is 0 Å². The Morgan fingerprint density at radius 1 is 0.833 bits per heavy atom. The number of unbranched alkanes of at least 4 members (excludes halogenated alkanes) is 6. The zero-order valence-electron chi connectivity index (χ0n) is 17.4. The van der Waals surface area contributed by atoms with E-state index in [9.17, 15) is 0 Å². The van der Waals surface area contributed by atoms with Crippen molar-refractivity contribution in [1.82, 2.24) is 0 Å². The normalized spacial score (nSPS) is 26.4. The molecule has 1 fully saturated rings. The van der Waals surface area contributed by atoms with Gasteiger partial charge in [-0.15, -0.1) is 0 Å². The van der Waals surface area contributed by atoms with Gasteiger partial charge in [-0.05, 0) is 36.5 Å². The minimum absolute atomic E-state index is 0.00692. The third kappa shape index (κ3) is 7.04. The first-order valence-corrected chi connectivity index (χ1v) is 10.7. The average molecular weight is 341 g/mol. The highest BCUT2D eigenvalue weighted by Crippen LogP contribution is 2.51. The molecule has 3 atom stereocenters. The van der Waals surface area contributed by atoms with E-state index in [0.717, 1.165) is 19.1 Å². The van der Waals surface area contributed by atoms with Gasteiger partial charge in [-0.1, -0.05) is 80.1 Å². The molecule has 0 saturated heterocycles. The van der Waals surface area contributed by atoms with Gasteiger partial charge >= 0.3 is 0 Å². The van der Waals surface area contributed by atoms with E-state index in [0.29, 0.717) is 17.3 Å². The van der Waals surface area contributed by atoms with Gasteiger partial charge in [0, 0.05) is 19.1 Å². The van der Waals surface area contributed by atoms with Crippen molar-refractivity contribution >= 4 is 0 Å². The SMILES string of the molecule is CCCCCCOC(OCCCCCC)C1CC(C)(C)C(C)C1C. The maximum absolute atomic E-state index is 6.27. The topological polar surface area (TPSA) is 18.5 Å². The highest BCUT2D eigenvalue weighted by atomic mass is 16.7. The third-order valence-corrected chi connectivity index (χ3v) is 6.37. The number of ether oxygens (including phenoxy) is 2. The largest absolute Gasteiger partial charge is 0.352 e. The summed E-state index contributed by atoms with van der Waals surface area (Å²) in [7, 11) is 0. The Labute approximate surface area is 152 Å². The monoisotopic (exact) mass is 340 g/mol. The van der Waals surface area contributed by atoms with E-state index in [1.165, 1.54) is 57.8 Å². The summed E-state index contributed by atoms with van der Waals surface area (Å²) < 4.78 is 12.5. The Kier molecular flexibility index (Phi) is 10.5. The van der Waals surface area contributed by atoms with Gasteiger partial charge in [-0.2, -0.15) is 0 Å². The fourth-order valence-corrected chi connectivity index (χ4v) is 4.16. The lowest BCUT2D eigenvalue weighted by atomic mass is 9.81. The molecule has 0 N–H and O–H groups in total. The fourth-order valence-electron chi connectivity index (χ4n) is 4.16. The Balaban J connectivity index is 2.50. The molecule has 24 heavy (non-hydrogen) atoms. The van der Waals surface area contributed by atoms with E-state index in [1.807, 2.05) is 0 Å². The molecule has 3 unspecified atom stereocenters. The standard InChI is InChI=1S/C22H44O2/c1-7-9-11-13-15-23-21(24-16-14-12-10-8-2)20-17-22(5,6)19(4)18(20)3/h18-21H,7-17H2,1-6H3. The van der Waals surface area contributed by atoms with Crippen LogP contribution in [0.15, 0.2) is 0 Å². The summed E-state index contributed by atoms with van der Waals surface area (Å²) >= 11 is 0. The number of rotatable bonds is 13. The maximum Gasteiger partial charge on any atom is 0.160 e. The van der Waals surface area contributed by atoms with Crippen molar-refractivity contribution in [2.75, 3.05) is 13.2 Å². The minimum Gasteiger partial charge on any atom is -0.352 e. The summed E-state index contributed by atoms with van der Waals surface area (Å²) in [5.74, 6) is 1.96. The summed E-state index contributed by atoms with van der Waals surface area (Å²) in [6.07, 6.45) is 11.3. The maximum atomic E-state index is 6.27. The van der Waals surface area contributed by atoms with E-state index in [1.54, 1.807) is 0 Å². The molecule has 1 saturated carbocycles. The predicted octanol–water partition coefficient (Wildman–Crippen LogP) is 6.82. The van der Waals surface area contributed by atoms with Gasteiger partial charge in [-0.3, -0.25) is 0 Å². The second-order valence-electron chi connectivity index (χ2n) is 8.74. The predicted molar refractivity (Wildman–Crippen MR) is 104 cm³/mol. The van der Waals surface area contributed by atoms with Gasteiger partial charge in [0.25, 0.3) is 0 Å². The molecular formula is C22H44O2. The van der Waals surface area contributed by atoms with Crippen LogP contribution in [0.5, 0.6) is 0 Å². The molecule has 2 heteroatoms. The third-order valence-electron chi connectivity index (χ3n) is 6.37. The van der Waals surface area contributed by atoms with Gasteiger partial charge < -0.3 is 9.47 Å². The first kappa shape index (κ1) is 22.0. The molecule has 2 nitrogen and oxygen atoms in total. The van der Waals surface area contributed by atoms with Crippen molar-refractivity contribution in [1.29, 1.82) is 0 Å². The van der Waals surface area contributed by atoms with Crippen molar-refractivity contribution in [2.24, 2.45) is 23.2 Å². The highest BCUT2D eigenvalue weighted by Gasteiger charge is 2.46. The number of hydrogen-bond acceptors (Lipinski definition) is 2. The van der Waals surface area contributed by atoms with E-state index < -0.39 is 0 Å². The van der Waals surface area contributed by atoms with Gasteiger partial charge in [0.15, 0.2) is 6.29 Å². The molecule has 0 amide bonds. The average Bonchev–Trinajstić information content (AvgIpc) is 2.76. The molecule has 0 aromatic rings. The fraction of sp³-hybridized carbons (Fsp3) is 1.00. The quantitative estimate of drug-likeness (QED) is 0.270. The van der Waals surface area contributed by atoms with Crippen LogP contribution < -0.4 is 0 Å². The van der Waals surface area contributed by atoms with E-state index >= 15 is 0 Å². The number of hydrogen-bond donors (Lipinski definition) is 0. The molecule has 0 radical (unpaired) electrons. The lowest BCUT2D eigenvalue weighted by molar-refractivity contribution is -0.180. The lowest BCUT2D eigenvalue weighted by Gasteiger charge is -2.28. The lowest BCUT2D eigenvalue weighted by Crippen LogP contribution is -2.30. The van der Waals surface area contributed by atoms with Crippen LogP contribution in [0, 0.1) is 23.2 Å². The molecule has 0 bridgehead atoms. The Hall–Kier alpha value is -0.0800. The highest BCUT2D eigenvalue weighted by molar-refractivity contribution is 4.93. The summed E-state index contributed by atoms with van der Waals surface area (Å²) in [4.78, 5) is 0. The Morgan fingerprint density at radius 2 is 1.33 bits per heavy atom. The zero-order chi connectivity index (χ0) is 18.0. The van der Waals surface area contributed by atoms with Crippen molar-refractivity contribution in [3.8, 4) is 0 Å². The smallest absolute Gasteiger partial charge is 0.160 e. The van der Waals surface area contributed by atoms with E-state index in [2.05, 4.69) is 41.5 Å². The minimum atomic E-state index is 0.00692. The molecule has 144 valence electrons. The molecule has 0 heterocycles. The van der Waals surface area contributed by atoms with Crippen LogP contribution in [0.3, 0.4) is 0 Å². The second-order valence-corrected chi connectivity index (χ2v) is 8.74. The summed E-state index contributed by atoms with van der Waals surface area (Å²) in [5, 5.41) is 0. The zero-order valence-corrected chi connectivity index (χ0v) is 17.4. The molecule has 1 rings (SSSR count). The van der Waals surface area contributed by atoms with Crippen LogP contribution in [0.2, 0.25) is 0 Å². The van der Waals surface area contributed by atoms with Crippen molar-refractivity contribution in [3.05, 3.63) is 0 Å². The van der Waals surface area contributed by atoms with Crippen LogP contribution in [-0.4, -0.2) is 19.5 Å². The first-order chi connectivity index (χ1) is 11.4. The second kappa shape index (κ2) is 11.5. The first-order valence-electron chi connectivity index (χ1n) is 10.7.